The Kier molecular flexibility index (Phi) is 3.28. The molecule has 0 saturated carbocycles. The van der Waals surface area contributed by atoms with Crippen LogP contribution < -0.4 is 0 Å². The van der Waals surface area contributed by atoms with Crippen LogP contribution in [0.1, 0.15) is 6.23 Å². The van der Waals surface area contributed by atoms with Crippen LogP contribution in [0.25, 0.3) is 0 Å². The van der Waals surface area contributed by atoms with Crippen molar-refractivity contribution in [2.24, 2.45) is 0 Å². The van der Waals surface area contributed by atoms with Gasteiger partial charge in [-0.3, -0.25) is 0 Å². The van der Waals surface area contributed by atoms with Crippen molar-refractivity contribution in [2.45, 2.75) is 24.7 Å². The third-order valence-electron chi connectivity index (χ3n) is 1.72. The Bertz CT molecular complexity index is 302. The van der Waals surface area contributed by atoms with Crippen molar-refractivity contribution in [3.63, 3.8) is 0 Å². The van der Waals surface area contributed by atoms with Crippen LogP contribution in [-0.4, -0.2) is 33.4 Å². The van der Waals surface area contributed by atoms with E-state index in [0.717, 1.165) is 12.4 Å². The van der Waals surface area contributed by atoms with Crippen LogP contribution in [0.15, 0.2) is 18.5 Å². The molecule has 1 aromatic rings. The summed E-state index contributed by atoms with van der Waals surface area (Å²) in [5.41, 5.74) is 0. The normalized spacial score (nSPS) is 16.7. The number of aliphatic hydroxyl groups is 1. The van der Waals surface area contributed by atoms with Crippen molar-refractivity contribution in [3.8, 4) is 0 Å². The maximum Gasteiger partial charge on any atom is 0.342 e. The Morgan fingerprint density at radius 1 is 1.27 bits per heavy atom. The molecule has 0 spiro atoms. The van der Waals surface area contributed by atoms with Gasteiger partial charge in [-0.15, -0.1) is 0 Å². The first-order chi connectivity index (χ1) is 6.87. The summed E-state index contributed by atoms with van der Waals surface area (Å²) in [4.78, 5) is 0. The van der Waals surface area contributed by atoms with E-state index < -0.39 is 24.7 Å². The number of alkyl halides is 5. The summed E-state index contributed by atoms with van der Waals surface area (Å²) in [6.45, 7) is 0. The first-order valence-electron chi connectivity index (χ1n) is 3.84. The van der Waals surface area contributed by atoms with Crippen LogP contribution in [0.5, 0.6) is 0 Å². The maximum atomic E-state index is 12.8. The molecule has 0 fully saturated rings. The lowest BCUT2D eigenvalue weighted by Gasteiger charge is -2.23. The molecule has 1 N–H and O–H groups in total. The maximum absolute atomic E-state index is 12.8. The molecule has 2 unspecified atom stereocenters. The highest BCUT2D eigenvalue weighted by Crippen LogP contribution is 2.33. The average Bonchev–Trinajstić information content (AvgIpc) is 2.67. The van der Waals surface area contributed by atoms with E-state index in [0.29, 0.717) is 4.68 Å². The van der Waals surface area contributed by atoms with Gasteiger partial charge >= 0.3 is 12.3 Å². The fraction of sp³-hybridized carbons (Fsp3) is 0.571. The van der Waals surface area contributed by atoms with Crippen molar-refractivity contribution in [2.75, 3.05) is 0 Å². The van der Waals surface area contributed by atoms with Gasteiger partial charge in [0.15, 0.2) is 6.23 Å². The molecule has 3 nitrogen and oxygen atoms in total. The molecule has 0 amide bonds. The Labute approximate surface area is 81.1 Å². The summed E-state index contributed by atoms with van der Waals surface area (Å²) in [7, 11) is 0. The highest BCUT2D eigenvalue weighted by molar-refractivity contribution is 4.87. The van der Waals surface area contributed by atoms with E-state index in [1.54, 1.807) is 0 Å². The Morgan fingerprint density at radius 2 is 1.87 bits per heavy atom. The zero-order valence-corrected chi connectivity index (χ0v) is 7.20. The van der Waals surface area contributed by atoms with Crippen LogP contribution in [0, 0.1) is 0 Å². The van der Waals surface area contributed by atoms with Crippen molar-refractivity contribution in [1.29, 1.82) is 0 Å². The largest absolute Gasteiger partial charge is 0.369 e. The number of aliphatic hydroxyl groups excluding tert-OH is 1. The molecule has 15 heavy (non-hydrogen) atoms. The Balaban J connectivity index is 2.81. The van der Waals surface area contributed by atoms with Gasteiger partial charge < -0.3 is 5.11 Å². The highest BCUT2D eigenvalue weighted by Gasteiger charge is 2.53. The number of halogens is 5. The minimum absolute atomic E-state index is 0.432. The molecule has 1 rings (SSSR count). The van der Waals surface area contributed by atoms with Gasteiger partial charge in [0.2, 0.25) is 6.17 Å². The summed E-state index contributed by atoms with van der Waals surface area (Å²) < 4.78 is 61.7. The monoisotopic (exact) mass is 230 g/mol. The lowest BCUT2D eigenvalue weighted by atomic mass is 10.2. The molecule has 0 radical (unpaired) electrons. The lowest BCUT2D eigenvalue weighted by Crippen LogP contribution is -2.43. The summed E-state index contributed by atoms with van der Waals surface area (Å²) in [6, 6.07) is 1.23. The van der Waals surface area contributed by atoms with Crippen molar-refractivity contribution < 1.29 is 27.1 Å². The standard InChI is InChI=1S/C7H7F5N2O/c8-4(7(11,12)6(9)10)5(15)14-3-1-2-13-14/h1-6,15H. The minimum atomic E-state index is -4.91. The Morgan fingerprint density at radius 3 is 2.27 bits per heavy atom. The molecule has 0 saturated heterocycles. The second kappa shape index (κ2) is 4.13. The SMILES string of the molecule is OC(C(F)C(F)(F)C(F)F)n1cccn1. The summed E-state index contributed by atoms with van der Waals surface area (Å²) in [5.74, 6) is -4.91. The van der Waals surface area contributed by atoms with Crippen LogP contribution in [-0.2, 0) is 0 Å². The minimum Gasteiger partial charge on any atom is -0.369 e. The second-order valence-electron chi connectivity index (χ2n) is 2.78. The van der Waals surface area contributed by atoms with Gasteiger partial charge in [-0.2, -0.15) is 13.9 Å². The third kappa shape index (κ3) is 2.25. The number of nitrogens with zero attached hydrogens (tertiary/aromatic N) is 2. The van der Waals surface area contributed by atoms with Crippen molar-refractivity contribution >= 4 is 0 Å². The van der Waals surface area contributed by atoms with Crippen LogP contribution >= 0.6 is 0 Å². The molecule has 1 aromatic heterocycles. The molecule has 2 atom stereocenters. The van der Waals surface area contributed by atoms with E-state index in [-0.39, 0.29) is 0 Å². The number of hydrogen-bond donors (Lipinski definition) is 1. The fourth-order valence-corrected chi connectivity index (χ4v) is 0.890. The average molecular weight is 230 g/mol. The highest BCUT2D eigenvalue weighted by atomic mass is 19.3. The van der Waals surface area contributed by atoms with Crippen LogP contribution in [0.3, 0.4) is 0 Å². The van der Waals surface area contributed by atoms with Crippen molar-refractivity contribution in [3.05, 3.63) is 18.5 Å². The number of aromatic nitrogens is 2. The summed E-state index contributed by atoms with van der Waals surface area (Å²) in [5, 5.41) is 12.2. The van der Waals surface area contributed by atoms with Crippen molar-refractivity contribution in [1.82, 2.24) is 9.78 Å². The lowest BCUT2D eigenvalue weighted by molar-refractivity contribution is -0.206. The molecule has 1 heterocycles. The second-order valence-corrected chi connectivity index (χ2v) is 2.78. The summed E-state index contributed by atoms with van der Waals surface area (Å²) >= 11 is 0. The predicted molar refractivity (Wildman–Crippen MR) is 39.3 cm³/mol. The van der Waals surface area contributed by atoms with Gasteiger partial charge in [0.1, 0.15) is 0 Å². The first kappa shape index (κ1) is 11.9. The van der Waals surface area contributed by atoms with Gasteiger partial charge in [0.25, 0.3) is 0 Å². The molecule has 8 heteroatoms. The number of hydrogen-bond acceptors (Lipinski definition) is 2. The quantitative estimate of drug-likeness (QED) is 0.798. The van der Waals surface area contributed by atoms with Gasteiger partial charge in [0.05, 0.1) is 0 Å². The fourth-order valence-electron chi connectivity index (χ4n) is 0.890. The molecule has 0 aromatic carbocycles. The molecular weight excluding hydrogens is 223 g/mol. The van der Waals surface area contributed by atoms with E-state index in [1.165, 1.54) is 6.07 Å². The van der Waals surface area contributed by atoms with Gasteiger partial charge in [-0.25, -0.2) is 17.9 Å². The Hall–Kier alpha value is -1.18. The van der Waals surface area contributed by atoms with Crippen LogP contribution in [0.2, 0.25) is 0 Å². The van der Waals surface area contributed by atoms with Gasteiger partial charge in [-0.1, -0.05) is 0 Å². The zero-order chi connectivity index (χ0) is 11.6. The molecule has 0 bridgehead atoms. The topological polar surface area (TPSA) is 38.0 Å². The van der Waals surface area contributed by atoms with E-state index in [2.05, 4.69) is 5.10 Å². The molecule has 0 aliphatic rings. The molecule has 0 aliphatic carbocycles. The van der Waals surface area contributed by atoms with E-state index in [4.69, 9.17) is 5.11 Å². The molecular formula is C7H7F5N2O. The number of rotatable bonds is 4. The first-order valence-corrected chi connectivity index (χ1v) is 3.84. The van der Waals surface area contributed by atoms with E-state index in [9.17, 15) is 22.0 Å². The zero-order valence-electron chi connectivity index (χ0n) is 7.20. The predicted octanol–water partition coefficient (Wildman–Crippen LogP) is 1.61. The van der Waals surface area contributed by atoms with E-state index >= 15 is 0 Å². The van der Waals surface area contributed by atoms with E-state index in [1.807, 2.05) is 0 Å². The smallest absolute Gasteiger partial charge is 0.342 e. The van der Waals surface area contributed by atoms with Gasteiger partial charge in [-0.05, 0) is 6.07 Å². The molecule has 86 valence electrons. The third-order valence-corrected chi connectivity index (χ3v) is 1.72. The van der Waals surface area contributed by atoms with Gasteiger partial charge in [0, 0.05) is 12.4 Å². The molecule has 0 aliphatic heterocycles. The summed E-state index contributed by atoms with van der Waals surface area (Å²) in [6.07, 6.45) is -7.96. The van der Waals surface area contributed by atoms with Crippen LogP contribution in [0.4, 0.5) is 22.0 Å².